The third kappa shape index (κ3) is 6.60. The van der Waals surface area contributed by atoms with E-state index >= 15 is 0 Å². The molecule has 1 aliphatic heterocycles. The molecule has 2 aromatic carbocycles. The lowest BCUT2D eigenvalue weighted by Gasteiger charge is -2.26. The first-order valence-electron chi connectivity index (χ1n) is 10.9. The molecule has 31 heavy (non-hydrogen) atoms. The molecule has 0 unspecified atom stereocenters. The molecule has 1 amide bonds. The van der Waals surface area contributed by atoms with Crippen LogP contribution in [0, 0.1) is 0 Å². The number of guanidine groups is 1. The summed E-state index contributed by atoms with van der Waals surface area (Å²) in [5.41, 5.74) is 2.83. The van der Waals surface area contributed by atoms with E-state index in [0.29, 0.717) is 25.7 Å². The highest BCUT2D eigenvalue weighted by atomic mass is 16.5. The van der Waals surface area contributed by atoms with Crippen molar-refractivity contribution in [3.63, 3.8) is 0 Å². The first kappa shape index (κ1) is 22.4. The predicted octanol–water partition coefficient (Wildman–Crippen LogP) is 3.74. The number of hydrogen-bond donors (Lipinski definition) is 2. The van der Waals surface area contributed by atoms with Crippen LogP contribution >= 0.6 is 0 Å². The van der Waals surface area contributed by atoms with Gasteiger partial charge in [-0.3, -0.25) is 9.79 Å². The average Bonchev–Trinajstić information content (AvgIpc) is 2.83. The van der Waals surface area contributed by atoms with Gasteiger partial charge in [-0.2, -0.15) is 0 Å². The van der Waals surface area contributed by atoms with Crippen LogP contribution in [0.3, 0.4) is 0 Å². The van der Waals surface area contributed by atoms with Gasteiger partial charge in [0, 0.05) is 44.4 Å². The Hall–Kier alpha value is -3.28. The summed E-state index contributed by atoms with van der Waals surface area (Å²) in [6.45, 7) is 7.04. The fraction of sp³-hybridized carbons (Fsp3) is 0.360. The Morgan fingerprint density at radius 2 is 1.87 bits per heavy atom. The smallest absolute Gasteiger partial charge is 0.253 e. The minimum Gasteiger partial charge on any atom is -0.489 e. The van der Waals surface area contributed by atoms with E-state index < -0.39 is 0 Å². The number of rotatable bonds is 8. The molecular weight excluding hydrogens is 388 g/mol. The molecule has 0 aromatic heterocycles. The zero-order chi connectivity index (χ0) is 21.9. The summed E-state index contributed by atoms with van der Waals surface area (Å²) in [4.78, 5) is 19.0. The number of carbonyl (C=O) groups is 1. The first-order chi connectivity index (χ1) is 15.2. The molecule has 3 rings (SSSR count). The zero-order valence-corrected chi connectivity index (χ0v) is 18.3. The van der Waals surface area contributed by atoms with Gasteiger partial charge in [0.25, 0.3) is 5.91 Å². The maximum atomic E-state index is 12.8. The summed E-state index contributed by atoms with van der Waals surface area (Å²) in [7, 11) is 1.74. The minimum atomic E-state index is 0.125. The van der Waals surface area contributed by atoms with Crippen LogP contribution in [0.15, 0.2) is 66.2 Å². The Morgan fingerprint density at radius 1 is 1.10 bits per heavy atom. The summed E-state index contributed by atoms with van der Waals surface area (Å²) >= 11 is 0. The summed E-state index contributed by atoms with van der Waals surface area (Å²) in [6.07, 6.45) is 5.13. The summed E-state index contributed by atoms with van der Waals surface area (Å²) in [5.74, 6) is 1.64. The van der Waals surface area contributed by atoms with Crippen LogP contribution in [0.2, 0.25) is 0 Å². The second-order valence-corrected chi connectivity index (χ2v) is 7.54. The Labute approximate surface area is 185 Å². The van der Waals surface area contributed by atoms with E-state index in [9.17, 15) is 4.79 Å². The predicted molar refractivity (Wildman–Crippen MR) is 125 cm³/mol. The number of benzene rings is 2. The van der Waals surface area contributed by atoms with Gasteiger partial charge in [0.1, 0.15) is 12.4 Å². The second kappa shape index (κ2) is 11.8. The van der Waals surface area contributed by atoms with Crippen molar-refractivity contribution in [2.75, 3.05) is 26.7 Å². The molecule has 1 heterocycles. The van der Waals surface area contributed by atoms with Crippen molar-refractivity contribution >= 4 is 11.9 Å². The lowest BCUT2D eigenvalue weighted by Crippen LogP contribution is -2.37. The van der Waals surface area contributed by atoms with Crippen molar-refractivity contribution < 1.29 is 9.53 Å². The lowest BCUT2D eigenvalue weighted by molar-refractivity contribution is 0.0724. The molecular formula is C25H32N4O2. The van der Waals surface area contributed by atoms with Gasteiger partial charge in [-0.15, -0.1) is 0 Å². The van der Waals surface area contributed by atoms with E-state index in [1.807, 2.05) is 53.4 Å². The molecule has 0 bridgehead atoms. The van der Waals surface area contributed by atoms with Crippen LogP contribution in [0.5, 0.6) is 5.75 Å². The molecule has 2 N–H and O–H groups in total. The molecule has 0 atom stereocenters. The third-order valence-electron chi connectivity index (χ3n) is 5.28. The van der Waals surface area contributed by atoms with E-state index in [1.54, 1.807) is 13.1 Å². The number of ether oxygens (including phenoxy) is 1. The zero-order valence-electron chi connectivity index (χ0n) is 18.3. The number of aliphatic imine (C=N–C) groups is 1. The number of para-hydroxylation sites is 1. The Balaban J connectivity index is 1.55. The van der Waals surface area contributed by atoms with E-state index in [0.717, 1.165) is 48.4 Å². The largest absolute Gasteiger partial charge is 0.489 e. The molecule has 0 saturated carbocycles. The number of hydrogen-bond acceptors (Lipinski definition) is 3. The maximum absolute atomic E-state index is 12.8. The lowest BCUT2D eigenvalue weighted by atomic mass is 10.1. The maximum Gasteiger partial charge on any atom is 0.253 e. The fourth-order valence-electron chi connectivity index (χ4n) is 3.62. The standard InChI is InChI=1S/C25H32N4O2/c1-3-16-31-23-13-6-5-11-22(23)19-28-25(26-2)27-18-20-10-9-12-21(17-20)24(30)29-14-7-4-8-15-29/h3,5-6,9-13,17H,1,4,7-8,14-16,18-19H2,2H3,(H2,26,27,28). The normalized spacial score (nSPS) is 14.1. The van der Waals surface area contributed by atoms with Crippen molar-refractivity contribution in [1.82, 2.24) is 15.5 Å². The van der Waals surface area contributed by atoms with E-state index in [2.05, 4.69) is 22.2 Å². The van der Waals surface area contributed by atoms with Crippen molar-refractivity contribution in [2.45, 2.75) is 32.4 Å². The molecule has 0 aliphatic carbocycles. The third-order valence-corrected chi connectivity index (χ3v) is 5.28. The molecule has 164 valence electrons. The Kier molecular flexibility index (Phi) is 8.52. The van der Waals surface area contributed by atoms with Crippen molar-refractivity contribution in [3.05, 3.63) is 77.9 Å². The Bertz CT molecular complexity index is 904. The minimum absolute atomic E-state index is 0.125. The second-order valence-electron chi connectivity index (χ2n) is 7.54. The number of piperidine rings is 1. The molecule has 1 aliphatic rings. The van der Waals surface area contributed by atoms with Crippen LogP contribution in [0.4, 0.5) is 0 Å². The highest BCUT2D eigenvalue weighted by Gasteiger charge is 2.18. The van der Waals surface area contributed by atoms with Gasteiger partial charge in [0.05, 0.1) is 0 Å². The highest BCUT2D eigenvalue weighted by Crippen LogP contribution is 2.18. The van der Waals surface area contributed by atoms with Crippen LogP contribution < -0.4 is 15.4 Å². The van der Waals surface area contributed by atoms with Crippen molar-refractivity contribution in [3.8, 4) is 5.75 Å². The number of amides is 1. The van der Waals surface area contributed by atoms with Gasteiger partial charge in [0.15, 0.2) is 5.96 Å². The fourth-order valence-corrected chi connectivity index (χ4v) is 3.62. The topological polar surface area (TPSA) is 66.0 Å². The van der Waals surface area contributed by atoms with E-state index in [4.69, 9.17) is 4.74 Å². The SMILES string of the molecule is C=CCOc1ccccc1CNC(=NC)NCc1cccc(C(=O)N2CCCCC2)c1. The van der Waals surface area contributed by atoms with Crippen LogP contribution in [0.1, 0.15) is 40.7 Å². The van der Waals surface area contributed by atoms with Gasteiger partial charge in [-0.05, 0) is 43.0 Å². The van der Waals surface area contributed by atoms with E-state index in [-0.39, 0.29) is 5.91 Å². The molecule has 2 aromatic rings. The molecule has 0 radical (unpaired) electrons. The average molecular weight is 421 g/mol. The van der Waals surface area contributed by atoms with Crippen LogP contribution in [0.25, 0.3) is 0 Å². The Morgan fingerprint density at radius 3 is 2.65 bits per heavy atom. The quantitative estimate of drug-likeness (QED) is 0.388. The summed E-state index contributed by atoms with van der Waals surface area (Å²) in [5, 5.41) is 6.64. The highest BCUT2D eigenvalue weighted by molar-refractivity contribution is 5.94. The molecule has 1 fully saturated rings. The van der Waals surface area contributed by atoms with Gasteiger partial charge >= 0.3 is 0 Å². The monoisotopic (exact) mass is 420 g/mol. The number of carbonyl (C=O) groups excluding carboxylic acids is 1. The number of nitrogens with zero attached hydrogens (tertiary/aromatic N) is 2. The van der Waals surface area contributed by atoms with Crippen LogP contribution in [-0.2, 0) is 13.1 Å². The van der Waals surface area contributed by atoms with Gasteiger partial charge in [-0.25, -0.2) is 0 Å². The van der Waals surface area contributed by atoms with E-state index in [1.165, 1.54) is 6.42 Å². The molecule has 0 spiro atoms. The summed E-state index contributed by atoms with van der Waals surface area (Å²) < 4.78 is 5.71. The number of nitrogens with one attached hydrogen (secondary N) is 2. The van der Waals surface area contributed by atoms with Gasteiger partial charge < -0.3 is 20.3 Å². The van der Waals surface area contributed by atoms with Crippen molar-refractivity contribution in [2.24, 2.45) is 4.99 Å². The van der Waals surface area contributed by atoms with Gasteiger partial charge in [0.2, 0.25) is 0 Å². The first-order valence-corrected chi connectivity index (χ1v) is 10.9. The molecule has 6 nitrogen and oxygen atoms in total. The van der Waals surface area contributed by atoms with Crippen molar-refractivity contribution in [1.29, 1.82) is 0 Å². The van der Waals surface area contributed by atoms with Crippen LogP contribution in [-0.4, -0.2) is 43.5 Å². The molecule has 6 heteroatoms. The number of likely N-dealkylation sites (tertiary alicyclic amines) is 1. The summed E-state index contributed by atoms with van der Waals surface area (Å²) in [6, 6.07) is 15.7. The molecule has 1 saturated heterocycles. The van der Waals surface area contributed by atoms with Gasteiger partial charge in [-0.1, -0.05) is 43.0 Å².